The van der Waals surface area contributed by atoms with Crippen molar-refractivity contribution >= 4 is 33.2 Å². The third kappa shape index (κ3) is 6.79. The molecule has 3 N–H and O–H groups in total. The van der Waals surface area contributed by atoms with Crippen molar-refractivity contribution in [3.63, 3.8) is 0 Å². The number of anilines is 1. The van der Waals surface area contributed by atoms with Crippen LogP contribution in [0.1, 0.15) is 0 Å². The average molecular weight is 425 g/mol. The van der Waals surface area contributed by atoms with Gasteiger partial charge in [0.05, 0.1) is 9.82 Å². The van der Waals surface area contributed by atoms with Gasteiger partial charge in [-0.1, -0.05) is 18.2 Å². The van der Waals surface area contributed by atoms with Gasteiger partial charge in [-0.05, 0) is 44.3 Å². The number of benzene rings is 2. The predicted molar refractivity (Wildman–Crippen MR) is 112 cm³/mol. The lowest BCUT2D eigenvalue weighted by Gasteiger charge is -2.22. The summed E-state index contributed by atoms with van der Waals surface area (Å²) < 4.78 is 22.9. The van der Waals surface area contributed by atoms with Gasteiger partial charge in [-0.3, -0.25) is 10.1 Å². The smallest absolute Gasteiger partial charge is 0.293 e. The lowest BCUT2D eigenvalue weighted by atomic mass is 10.1. The molecule has 0 aliphatic rings. The predicted octanol–water partition coefficient (Wildman–Crippen LogP) is 2.62. The van der Waals surface area contributed by atoms with Crippen molar-refractivity contribution in [2.24, 2.45) is 11.1 Å². The summed E-state index contributed by atoms with van der Waals surface area (Å²) in [7, 11) is -0.0528. The molecule has 0 bridgehead atoms. The molecule has 0 aliphatic carbocycles. The monoisotopic (exact) mass is 424 g/mol. The van der Waals surface area contributed by atoms with Gasteiger partial charge in [0.1, 0.15) is 5.69 Å². The minimum atomic E-state index is -4.00. The zero-order chi connectivity index (χ0) is 20.7. The van der Waals surface area contributed by atoms with Gasteiger partial charge in [0.2, 0.25) is 10.0 Å². The SMILES string of the molecule is CN(C)C[C@@H](CNc1ccc(S(N)(=O)=O)cc1[N+](=O)[O-])CSc1ccccc1. The first kappa shape index (κ1) is 22.2. The Morgan fingerprint density at radius 1 is 1.21 bits per heavy atom. The molecule has 0 spiro atoms. The van der Waals surface area contributed by atoms with E-state index in [1.165, 1.54) is 12.1 Å². The Bertz CT molecular complexity index is 905. The first-order chi connectivity index (χ1) is 13.2. The number of thioether (sulfide) groups is 1. The second-order valence-electron chi connectivity index (χ2n) is 6.61. The summed E-state index contributed by atoms with van der Waals surface area (Å²) in [5.41, 5.74) is -0.0447. The molecule has 1 atom stereocenters. The third-order valence-electron chi connectivity index (χ3n) is 3.93. The molecule has 0 fully saturated rings. The van der Waals surface area contributed by atoms with Crippen molar-refractivity contribution in [3.05, 3.63) is 58.6 Å². The number of rotatable bonds is 10. The van der Waals surface area contributed by atoms with Gasteiger partial charge in [0, 0.05) is 29.8 Å². The Hall–Kier alpha value is -2.14. The Labute approximate surface area is 169 Å². The lowest BCUT2D eigenvalue weighted by molar-refractivity contribution is -0.384. The maximum atomic E-state index is 11.5. The van der Waals surface area contributed by atoms with Crippen LogP contribution in [0.2, 0.25) is 0 Å². The molecule has 8 nitrogen and oxygen atoms in total. The fourth-order valence-electron chi connectivity index (χ4n) is 2.67. The fourth-order valence-corrected chi connectivity index (χ4v) is 4.20. The minimum absolute atomic E-state index is 0.220. The summed E-state index contributed by atoms with van der Waals surface area (Å²) in [4.78, 5) is 13.7. The highest BCUT2D eigenvalue weighted by atomic mass is 32.2. The van der Waals surface area contributed by atoms with Crippen molar-refractivity contribution < 1.29 is 13.3 Å². The molecule has 152 valence electrons. The number of primary sulfonamides is 1. The Balaban J connectivity index is 2.11. The number of nitrogens with one attached hydrogen (secondary N) is 1. The van der Waals surface area contributed by atoms with Crippen LogP contribution in [0, 0.1) is 16.0 Å². The second-order valence-corrected chi connectivity index (χ2v) is 9.27. The van der Waals surface area contributed by atoms with Crippen molar-refractivity contribution in [3.8, 4) is 0 Å². The maximum Gasteiger partial charge on any atom is 0.293 e. The minimum Gasteiger partial charge on any atom is -0.379 e. The molecule has 0 heterocycles. The highest BCUT2D eigenvalue weighted by Gasteiger charge is 2.20. The number of nitro groups is 1. The average Bonchev–Trinajstić information content (AvgIpc) is 2.63. The molecule has 0 aromatic heterocycles. The van der Waals surface area contributed by atoms with Crippen molar-refractivity contribution in [2.45, 2.75) is 9.79 Å². The Morgan fingerprint density at radius 2 is 1.89 bits per heavy atom. The van der Waals surface area contributed by atoms with Gasteiger partial charge in [-0.2, -0.15) is 0 Å². The molecule has 0 amide bonds. The zero-order valence-electron chi connectivity index (χ0n) is 15.7. The van der Waals surface area contributed by atoms with E-state index in [0.717, 1.165) is 23.3 Å². The quantitative estimate of drug-likeness (QED) is 0.342. The van der Waals surface area contributed by atoms with Crippen LogP contribution in [0.3, 0.4) is 0 Å². The molecule has 28 heavy (non-hydrogen) atoms. The molecule has 0 saturated heterocycles. The van der Waals surface area contributed by atoms with Gasteiger partial charge in [0.15, 0.2) is 0 Å². The van der Waals surface area contributed by atoms with E-state index >= 15 is 0 Å². The molecule has 2 aromatic rings. The van der Waals surface area contributed by atoms with E-state index in [9.17, 15) is 18.5 Å². The fraction of sp³-hybridized carbons (Fsp3) is 0.333. The molecule has 0 saturated carbocycles. The van der Waals surface area contributed by atoms with Crippen molar-refractivity contribution in [1.29, 1.82) is 0 Å². The first-order valence-corrected chi connectivity index (χ1v) is 11.1. The summed E-state index contributed by atoms with van der Waals surface area (Å²) in [6.07, 6.45) is 0. The van der Waals surface area contributed by atoms with Crippen molar-refractivity contribution in [1.82, 2.24) is 4.90 Å². The molecule has 0 unspecified atom stereocenters. The van der Waals surface area contributed by atoms with Crippen molar-refractivity contribution in [2.75, 3.05) is 38.3 Å². The second kappa shape index (κ2) is 9.87. The standard InChI is InChI=1S/C18H24N4O4S2/c1-21(2)12-14(13-27-15-6-4-3-5-7-15)11-20-17-9-8-16(28(19,25)26)10-18(17)22(23)24/h3-10,14,20H,11-13H2,1-2H3,(H2,19,25,26)/t14-/m1/s1. The van der Waals surface area contributed by atoms with Gasteiger partial charge >= 0.3 is 0 Å². The first-order valence-electron chi connectivity index (χ1n) is 8.54. The molecule has 2 aromatic carbocycles. The van der Waals surface area contributed by atoms with Crippen LogP contribution in [0.5, 0.6) is 0 Å². The van der Waals surface area contributed by atoms with Gasteiger partial charge in [0.25, 0.3) is 5.69 Å². The van der Waals surface area contributed by atoms with Crippen LogP contribution in [-0.4, -0.2) is 51.2 Å². The van der Waals surface area contributed by atoms with E-state index in [1.807, 2.05) is 44.4 Å². The Kier molecular flexibility index (Phi) is 7.81. The van der Waals surface area contributed by atoms with Crippen LogP contribution in [0.4, 0.5) is 11.4 Å². The molecular formula is C18H24N4O4S2. The number of hydrogen-bond donors (Lipinski definition) is 2. The number of sulfonamides is 1. The number of nitro benzene ring substituents is 1. The van der Waals surface area contributed by atoms with Crippen LogP contribution < -0.4 is 10.5 Å². The zero-order valence-corrected chi connectivity index (χ0v) is 17.4. The summed E-state index contributed by atoms with van der Waals surface area (Å²) in [6.45, 7) is 1.31. The van der Waals surface area contributed by atoms with Gasteiger partial charge in [-0.25, -0.2) is 13.6 Å². The van der Waals surface area contributed by atoms with Gasteiger partial charge in [-0.15, -0.1) is 11.8 Å². The largest absolute Gasteiger partial charge is 0.379 e. The maximum absolute atomic E-state index is 11.5. The highest BCUT2D eigenvalue weighted by molar-refractivity contribution is 7.99. The van der Waals surface area contributed by atoms with Crippen LogP contribution in [-0.2, 0) is 10.0 Å². The van der Waals surface area contributed by atoms with E-state index < -0.39 is 14.9 Å². The molecule has 10 heteroatoms. The molecule has 0 aliphatic heterocycles. The highest BCUT2D eigenvalue weighted by Crippen LogP contribution is 2.28. The summed E-state index contributed by atoms with van der Waals surface area (Å²) in [5.74, 6) is 1.05. The van der Waals surface area contributed by atoms with Crippen LogP contribution >= 0.6 is 11.8 Å². The van der Waals surface area contributed by atoms with E-state index in [1.54, 1.807) is 11.8 Å². The normalized spacial score (nSPS) is 12.7. The van der Waals surface area contributed by atoms with E-state index in [-0.39, 0.29) is 22.2 Å². The van der Waals surface area contributed by atoms with Gasteiger partial charge < -0.3 is 10.2 Å². The summed E-state index contributed by atoms with van der Waals surface area (Å²) in [6, 6.07) is 13.7. The summed E-state index contributed by atoms with van der Waals surface area (Å²) >= 11 is 1.73. The van der Waals surface area contributed by atoms with E-state index in [2.05, 4.69) is 10.2 Å². The van der Waals surface area contributed by atoms with E-state index in [0.29, 0.717) is 6.54 Å². The molecular weight excluding hydrogens is 400 g/mol. The molecule has 0 radical (unpaired) electrons. The van der Waals surface area contributed by atoms with E-state index in [4.69, 9.17) is 5.14 Å². The lowest BCUT2D eigenvalue weighted by Crippen LogP contribution is -2.29. The topological polar surface area (TPSA) is 119 Å². The van der Waals surface area contributed by atoms with Crippen LogP contribution in [0.15, 0.2) is 58.3 Å². The number of hydrogen-bond acceptors (Lipinski definition) is 7. The third-order valence-corrected chi connectivity index (χ3v) is 6.08. The molecule has 2 rings (SSSR count). The van der Waals surface area contributed by atoms with Crippen LogP contribution in [0.25, 0.3) is 0 Å². The number of nitrogens with two attached hydrogens (primary N) is 1. The number of nitrogens with zero attached hydrogens (tertiary/aromatic N) is 2. The summed E-state index contributed by atoms with van der Waals surface area (Å²) in [5, 5.41) is 19.5. The Morgan fingerprint density at radius 3 is 2.46 bits per heavy atom.